The van der Waals surface area contributed by atoms with Crippen LogP contribution in [0.25, 0.3) is 0 Å². The lowest BCUT2D eigenvalue weighted by Crippen LogP contribution is -2.56. The maximum atomic E-state index is 4.68. The lowest BCUT2D eigenvalue weighted by molar-refractivity contribution is 0.136. The zero-order chi connectivity index (χ0) is 14.9. The molecule has 3 rings (SSSR count). The zero-order valence-corrected chi connectivity index (χ0v) is 13.8. The van der Waals surface area contributed by atoms with E-state index in [1.807, 2.05) is 11.3 Å². The van der Waals surface area contributed by atoms with E-state index in [1.54, 1.807) is 0 Å². The summed E-state index contributed by atoms with van der Waals surface area (Å²) in [6.07, 6.45) is 0. The van der Waals surface area contributed by atoms with Gasteiger partial charge in [-0.15, -0.1) is 11.3 Å². The molecule has 0 bridgehead atoms. The smallest absolute Gasteiger partial charge is 0.107 e. The number of nitrogens with one attached hydrogen (secondary N) is 1. The Morgan fingerprint density at radius 1 is 1.29 bits per heavy atom. The molecule has 3 nitrogen and oxygen atoms in total. The summed E-state index contributed by atoms with van der Waals surface area (Å²) < 4.78 is 0. The molecular weight excluding hydrogens is 278 g/mol. The predicted octanol–water partition coefficient (Wildman–Crippen LogP) is 3.08. The number of rotatable bonds is 3. The summed E-state index contributed by atoms with van der Waals surface area (Å²) in [5, 5.41) is 4.92. The first-order valence-electron chi connectivity index (χ1n) is 7.53. The van der Waals surface area contributed by atoms with Crippen molar-refractivity contribution in [3.63, 3.8) is 0 Å². The fourth-order valence-corrected chi connectivity index (χ4v) is 3.98. The van der Waals surface area contributed by atoms with Crippen LogP contribution in [0.4, 0.5) is 0 Å². The highest BCUT2D eigenvalue weighted by Gasteiger charge is 2.32. The van der Waals surface area contributed by atoms with Crippen molar-refractivity contribution in [2.75, 3.05) is 19.6 Å². The quantitative estimate of drug-likeness (QED) is 0.944. The summed E-state index contributed by atoms with van der Waals surface area (Å²) in [6.45, 7) is 10.6. The Kier molecular flexibility index (Phi) is 4.11. The zero-order valence-electron chi connectivity index (χ0n) is 13.0. The van der Waals surface area contributed by atoms with Crippen LogP contribution < -0.4 is 5.32 Å². The molecule has 0 amide bonds. The Morgan fingerprint density at radius 3 is 2.71 bits per heavy atom. The molecule has 0 saturated carbocycles. The molecule has 1 unspecified atom stereocenters. The van der Waals surface area contributed by atoms with Crippen molar-refractivity contribution in [2.24, 2.45) is 0 Å². The van der Waals surface area contributed by atoms with Gasteiger partial charge in [-0.3, -0.25) is 4.90 Å². The Bertz CT molecular complexity index is 588. The van der Waals surface area contributed by atoms with Gasteiger partial charge in [-0.2, -0.15) is 0 Å². The minimum atomic E-state index is 0.0286. The van der Waals surface area contributed by atoms with E-state index in [0.717, 1.165) is 26.2 Å². The Morgan fingerprint density at radius 2 is 2.05 bits per heavy atom. The van der Waals surface area contributed by atoms with E-state index in [2.05, 4.69) is 66.3 Å². The molecule has 21 heavy (non-hydrogen) atoms. The number of aryl methyl sites for hydroxylation is 2. The molecule has 1 saturated heterocycles. The van der Waals surface area contributed by atoms with Crippen LogP contribution >= 0.6 is 11.3 Å². The fourth-order valence-electron chi connectivity index (χ4n) is 3.00. The van der Waals surface area contributed by atoms with E-state index in [-0.39, 0.29) is 5.54 Å². The highest BCUT2D eigenvalue weighted by Crippen LogP contribution is 2.26. The van der Waals surface area contributed by atoms with E-state index in [1.165, 1.54) is 21.1 Å². The fraction of sp³-hybridized carbons (Fsp3) is 0.471. The first kappa shape index (κ1) is 14.7. The van der Waals surface area contributed by atoms with Gasteiger partial charge < -0.3 is 5.32 Å². The second kappa shape index (κ2) is 5.87. The summed E-state index contributed by atoms with van der Waals surface area (Å²) >= 11 is 1.83. The lowest BCUT2D eigenvalue weighted by atomic mass is 9.90. The number of aromatic nitrogens is 1. The molecule has 1 atom stereocenters. The minimum absolute atomic E-state index is 0.0286. The van der Waals surface area contributed by atoms with Gasteiger partial charge in [0.25, 0.3) is 0 Å². The largest absolute Gasteiger partial charge is 0.305 e. The molecule has 0 aliphatic carbocycles. The maximum Gasteiger partial charge on any atom is 0.107 e. The van der Waals surface area contributed by atoms with Gasteiger partial charge in [0.05, 0.1) is 17.8 Å². The topological polar surface area (TPSA) is 28.2 Å². The van der Waals surface area contributed by atoms with E-state index >= 15 is 0 Å². The Labute approximate surface area is 131 Å². The first-order valence-corrected chi connectivity index (χ1v) is 8.34. The summed E-state index contributed by atoms with van der Waals surface area (Å²) in [5.41, 5.74) is 2.57. The molecule has 2 aromatic rings. The van der Waals surface area contributed by atoms with Gasteiger partial charge in [0.15, 0.2) is 0 Å². The minimum Gasteiger partial charge on any atom is -0.305 e. The van der Waals surface area contributed by atoms with Gasteiger partial charge in [0, 0.05) is 24.5 Å². The second-order valence-electron chi connectivity index (χ2n) is 6.08. The van der Waals surface area contributed by atoms with Crippen molar-refractivity contribution in [1.82, 2.24) is 15.2 Å². The van der Waals surface area contributed by atoms with Crippen LogP contribution in [-0.2, 0) is 12.1 Å². The van der Waals surface area contributed by atoms with E-state index < -0.39 is 0 Å². The maximum absolute atomic E-state index is 4.68. The van der Waals surface area contributed by atoms with Crippen molar-refractivity contribution in [2.45, 2.75) is 32.9 Å². The van der Waals surface area contributed by atoms with Crippen LogP contribution in [0.5, 0.6) is 0 Å². The predicted molar refractivity (Wildman–Crippen MR) is 88.7 cm³/mol. The van der Waals surface area contributed by atoms with E-state index in [4.69, 9.17) is 0 Å². The molecular formula is C17H23N3S. The monoisotopic (exact) mass is 301 g/mol. The number of benzene rings is 1. The normalized spacial score (nSPS) is 23.4. The highest BCUT2D eigenvalue weighted by atomic mass is 32.1. The van der Waals surface area contributed by atoms with Crippen LogP contribution in [-0.4, -0.2) is 29.5 Å². The van der Waals surface area contributed by atoms with Gasteiger partial charge >= 0.3 is 0 Å². The van der Waals surface area contributed by atoms with Crippen molar-refractivity contribution >= 4 is 11.3 Å². The molecule has 1 fully saturated rings. The molecule has 1 N–H and O–H groups in total. The molecule has 1 aromatic carbocycles. The third kappa shape index (κ3) is 3.18. The first-order chi connectivity index (χ1) is 10.1. The van der Waals surface area contributed by atoms with Gasteiger partial charge in [-0.1, -0.05) is 30.3 Å². The van der Waals surface area contributed by atoms with Crippen molar-refractivity contribution in [3.05, 3.63) is 51.5 Å². The summed E-state index contributed by atoms with van der Waals surface area (Å²) in [6, 6.07) is 10.8. The second-order valence-corrected chi connectivity index (χ2v) is 7.37. The molecule has 1 aromatic heterocycles. The standard InChI is InChI=1S/C17H23N3S/c1-13-14(2)21-16(19-13)11-20-10-9-18-17(3,12-20)15-7-5-4-6-8-15/h4-8,18H,9-12H2,1-3H3. The van der Waals surface area contributed by atoms with Gasteiger partial charge in [-0.25, -0.2) is 4.98 Å². The highest BCUT2D eigenvalue weighted by molar-refractivity contribution is 7.11. The Hall–Kier alpha value is -1.23. The van der Waals surface area contributed by atoms with Crippen LogP contribution in [0.1, 0.15) is 28.1 Å². The van der Waals surface area contributed by atoms with Gasteiger partial charge in [0.2, 0.25) is 0 Å². The number of hydrogen-bond donors (Lipinski definition) is 1. The van der Waals surface area contributed by atoms with E-state index in [0.29, 0.717) is 0 Å². The van der Waals surface area contributed by atoms with Crippen LogP contribution in [0.15, 0.2) is 30.3 Å². The number of piperazine rings is 1. The number of thiazole rings is 1. The summed E-state index contributed by atoms with van der Waals surface area (Å²) in [7, 11) is 0. The number of nitrogens with zero attached hydrogens (tertiary/aromatic N) is 2. The molecule has 112 valence electrons. The molecule has 4 heteroatoms. The third-order valence-electron chi connectivity index (χ3n) is 4.33. The van der Waals surface area contributed by atoms with Gasteiger partial charge in [-0.05, 0) is 26.3 Å². The van der Waals surface area contributed by atoms with E-state index in [9.17, 15) is 0 Å². The average molecular weight is 301 g/mol. The van der Waals surface area contributed by atoms with Crippen LogP contribution in [0.3, 0.4) is 0 Å². The summed E-state index contributed by atoms with van der Waals surface area (Å²) in [5.74, 6) is 0. The molecule has 0 spiro atoms. The number of hydrogen-bond acceptors (Lipinski definition) is 4. The van der Waals surface area contributed by atoms with Gasteiger partial charge in [0.1, 0.15) is 5.01 Å². The summed E-state index contributed by atoms with van der Waals surface area (Å²) in [4.78, 5) is 8.54. The van der Waals surface area contributed by atoms with Crippen LogP contribution in [0.2, 0.25) is 0 Å². The molecule has 1 aliphatic rings. The van der Waals surface area contributed by atoms with Crippen LogP contribution in [0, 0.1) is 13.8 Å². The SMILES string of the molecule is Cc1nc(CN2CCNC(C)(c3ccccc3)C2)sc1C. The van der Waals surface area contributed by atoms with Crippen molar-refractivity contribution in [3.8, 4) is 0 Å². The Balaban J connectivity index is 1.74. The average Bonchev–Trinajstić information content (AvgIpc) is 2.78. The third-order valence-corrected chi connectivity index (χ3v) is 5.38. The lowest BCUT2D eigenvalue weighted by Gasteiger charge is -2.41. The van der Waals surface area contributed by atoms with Crippen molar-refractivity contribution < 1.29 is 0 Å². The van der Waals surface area contributed by atoms with Crippen molar-refractivity contribution in [1.29, 1.82) is 0 Å². The molecule has 1 aliphatic heterocycles. The molecule has 2 heterocycles. The molecule has 0 radical (unpaired) electrons.